The van der Waals surface area contributed by atoms with E-state index in [-0.39, 0.29) is 18.1 Å². The number of fused-ring (bicyclic) bond motifs is 1. The zero-order valence-electron chi connectivity index (χ0n) is 12.2. The molecule has 2 aliphatic heterocycles. The van der Waals surface area contributed by atoms with Crippen molar-refractivity contribution >= 4 is 29.0 Å². The Balaban J connectivity index is 1.72. The van der Waals surface area contributed by atoms with Crippen molar-refractivity contribution in [2.24, 2.45) is 0 Å². The second kappa shape index (κ2) is 5.56. The molecule has 0 fully saturated rings. The highest BCUT2D eigenvalue weighted by atomic mass is 32.2. The maximum absolute atomic E-state index is 12.7. The van der Waals surface area contributed by atoms with Crippen molar-refractivity contribution in [2.75, 3.05) is 6.54 Å². The van der Waals surface area contributed by atoms with E-state index in [4.69, 9.17) is 0 Å². The second-order valence-electron chi connectivity index (χ2n) is 5.37. The van der Waals surface area contributed by atoms with Crippen LogP contribution in [0.4, 0.5) is 0 Å². The summed E-state index contributed by atoms with van der Waals surface area (Å²) in [5, 5.41) is 2.76. The lowest BCUT2D eigenvalue weighted by Gasteiger charge is -2.17. The maximum atomic E-state index is 12.7. The number of hydrogen-bond acceptors (Lipinski definition) is 4. The molecule has 2 aromatic rings. The molecule has 0 atom stereocenters. The van der Waals surface area contributed by atoms with Crippen LogP contribution < -0.4 is 0 Å². The molecule has 2 heterocycles. The van der Waals surface area contributed by atoms with Crippen molar-refractivity contribution < 1.29 is 9.59 Å². The van der Waals surface area contributed by atoms with Crippen LogP contribution in [0.15, 0.2) is 76.7 Å². The average molecular weight is 319 g/mol. The minimum absolute atomic E-state index is 0.108. The Kier molecular flexibility index (Phi) is 3.39. The first-order valence-corrected chi connectivity index (χ1v) is 8.20. The topological polar surface area (TPSA) is 37.4 Å². The molecule has 0 saturated heterocycles. The van der Waals surface area contributed by atoms with E-state index >= 15 is 0 Å². The van der Waals surface area contributed by atoms with E-state index < -0.39 is 0 Å². The van der Waals surface area contributed by atoms with Gasteiger partial charge in [0.05, 0.1) is 22.8 Å². The largest absolute Gasteiger partial charge is 0.326 e. The molecular formula is C19H13NO2S. The fraction of sp³-hybridized carbons (Fsp3) is 0.0526. The summed E-state index contributed by atoms with van der Waals surface area (Å²) in [5.41, 5.74) is 2.90. The van der Waals surface area contributed by atoms with Crippen LogP contribution in [0.2, 0.25) is 0 Å². The smallest absolute Gasteiger partial charge is 0.199 e. The summed E-state index contributed by atoms with van der Waals surface area (Å²) in [7, 11) is 0. The minimum atomic E-state index is -0.191. The molecule has 0 aromatic heterocycles. The zero-order valence-corrected chi connectivity index (χ0v) is 13.0. The third-order valence-corrected chi connectivity index (χ3v) is 4.93. The Morgan fingerprint density at radius 2 is 1.61 bits per heavy atom. The zero-order chi connectivity index (χ0) is 15.8. The Hall–Kier alpha value is -2.59. The highest BCUT2D eigenvalue weighted by Gasteiger charge is 2.39. The molecule has 0 bridgehead atoms. The Labute approximate surface area is 138 Å². The second-order valence-corrected chi connectivity index (χ2v) is 6.23. The van der Waals surface area contributed by atoms with Gasteiger partial charge in [0.15, 0.2) is 11.6 Å². The van der Waals surface area contributed by atoms with Gasteiger partial charge in [-0.25, -0.2) is 0 Å². The molecular weight excluding hydrogens is 306 g/mol. The van der Waals surface area contributed by atoms with Crippen LogP contribution in [0.25, 0.3) is 5.70 Å². The van der Waals surface area contributed by atoms with Gasteiger partial charge in [-0.05, 0) is 5.56 Å². The van der Waals surface area contributed by atoms with Gasteiger partial charge in [0.2, 0.25) is 0 Å². The number of thioether (sulfide) groups is 1. The minimum Gasteiger partial charge on any atom is -0.326 e. The Bertz CT molecular complexity index is 853. The van der Waals surface area contributed by atoms with Gasteiger partial charge < -0.3 is 4.90 Å². The third-order valence-electron chi connectivity index (χ3n) is 3.95. The van der Waals surface area contributed by atoms with E-state index in [1.165, 1.54) is 11.8 Å². The highest BCUT2D eigenvalue weighted by molar-refractivity contribution is 8.06. The fourth-order valence-electron chi connectivity index (χ4n) is 2.83. The van der Waals surface area contributed by atoms with Gasteiger partial charge in [0, 0.05) is 11.0 Å². The molecule has 0 aliphatic carbocycles. The fourth-order valence-corrected chi connectivity index (χ4v) is 3.93. The summed E-state index contributed by atoms with van der Waals surface area (Å²) in [6, 6.07) is 18.9. The molecule has 0 N–H and O–H groups in total. The number of carbonyl (C=O) groups is 2. The molecule has 0 spiro atoms. The van der Waals surface area contributed by atoms with E-state index in [0.717, 1.165) is 16.3 Å². The van der Waals surface area contributed by atoms with Crippen LogP contribution >= 0.6 is 11.8 Å². The van der Waals surface area contributed by atoms with E-state index in [0.29, 0.717) is 11.1 Å². The van der Waals surface area contributed by atoms with Crippen molar-refractivity contribution in [1.82, 2.24) is 4.90 Å². The summed E-state index contributed by atoms with van der Waals surface area (Å²) < 4.78 is 0. The molecule has 2 aromatic carbocycles. The Morgan fingerprint density at radius 3 is 2.30 bits per heavy atom. The van der Waals surface area contributed by atoms with Gasteiger partial charge in [0.25, 0.3) is 0 Å². The van der Waals surface area contributed by atoms with Crippen molar-refractivity contribution in [3.63, 3.8) is 0 Å². The average Bonchev–Trinajstić information content (AvgIpc) is 3.13. The molecule has 4 heteroatoms. The molecule has 4 rings (SSSR count). The number of carbonyl (C=O) groups excluding carboxylic acids is 2. The normalized spacial score (nSPS) is 16.6. The van der Waals surface area contributed by atoms with Gasteiger partial charge in [-0.15, -0.1) is 0 Å². The van der Waals surface area contributed by atoms with Crippen LogP contribution in [0.3, 0.4) is 0 Å². The van der Waals surface area contributed by atoms with Crippen LogP contribution in [-0.4, -0.2) is 23.0 Å². The van der Waals surface area contributed by atoms with Crippen LogP contribution in [0.5, 0.6) is 0 Å². The number of nitrogens with zero attached hydrogens (tertiary/aromatic N) is 1. The molecule has 0 amide bonds. The summed E-state index contributed by atoms with van der Waals surface area (Å²) in [6.45, 7) is 0.233. The van der Waals surface area contributed by atoms with Gasteiger partial charge in [-0.1, -0.05) is 72.4 Å². The van der Waals surface area contributed by atoms with E-state index in [9.17, 15) is 9.59 Å². The quantitative estimate of drug-likeness (QED) is 0.638. The van der Waals surface area contributed by atoms with E-state index in [1.807, 2.05) is 58.8 Å². The number of Topliss-reactive ketones (excluding diaryl/α,β-unsaturated/α-hetero) is 2. The van der Waals surface area contributed by atoms with Crippen LogP contribution in [0.1, 0.15) is 15.9 Å². The molecule has 0 radical (unpaired) electrons. The molecule has 0 saturated carbocycles. The van der Waals surface area contributed by atoms with Gasteiger partial charge in [-0.3, -0.25) is 9.59 Å². The third kappa shape index (κ3) is 2.32. The lowest BCUT2D eigenvalue weighted by Crippen LogP contribution is -2.17. The van der Waals surface area contributed by atoms with Crippen molar-refractivity contribution in [3.8, 4) is 0 Å². The Morgan fingerprint density at radius 1 is 0.957 bits per heavy atom. The monoisotopic (exact) mass is 319 g/mol. The highest BCUT2D eigenvalue weighted by Crippen LogP contribution is 2.45. The van der Waals surface area contributed by atoms with Crippen LogP contribution in [0, 0.1) is 0 Å². The predicted octanol–water partition coefficient (Wildman–Crippen LogP) is 3.71. The number of ketones is 2. The summed E-state index contributed by atoms with van der Waals surface area (Å²) in [5.74, 6) is -0.300. The number of hydrogen-bond donors (Lipinski definition) is 0. The summed E-state index contributed by atoms with van der Waals surface area (Å²) in [4.78, 5) is 27.1. The standard InChI is InChI=1S/C19H13NO2S/c21-16-11-20-15(13-7-3-1-4-8-13)12-23-19(20)17(16)18(22)14-9-5-2-6-10-14/h1-10,12H,11H2. The van der Waals surface area contributed by atoms with E-state index in [1.54, 1.807) is 12.1 Å². The van der Waals surface area contributed by atoms with E-state index in [2.05, 4.69) is 0 Å². The maximum Gasteiger partial charge on any atom is 0.199 e. The van der Waals surface area contributed by atoms with Crippen molar-refractivity contribution in [1.29, 1.82) is 0 Å². The van der Waals surface area contributed by atoms with Gasteiger partial charge >= 0.3 is 0 Å². The van der Waals surface area contributed by atoms with Crippen molar-refractivity contribution in [3.05, 3.63) is 87.8 Å². The van der Waals surface area contributed by atoms with Crippen molar-refractivity contribution in [2.45, 2.75) is 0 Å². The molecule has 2 aliphatic rings. The first kappa shape index (κ1) is 14.0. The van der Waals surface area contributed by atoms with Gasteiger partial charge in [-0.2, -0.15) is 0 Å². The first-order chi connectivity index (χ1) is 11.3. The molecule has 112 valence electrons. The lowest BCUT2D eigenvalue weighted by molar-refractivity contribution is -0.114. The number of rotatable bonds is 3. The first-order valence-electron chi connectivity index (χ1n) is 7.33. The van der Waals surface area contributed by atoms with Gasteiger partial charge in [0.1, 0.15) is 0 Å². The summed E-state index contributed by atoms with van der Waals surface area (Å²) in [6.07, 6.45) is 0. The molecule has 0 unspecified atom stereocenters. The molecule has 23 heavy (non-hydrogen) atoms. The summed E-state index contributed by atoms with van der Waals surface area (Å²) >= 11 is 1.45. The lowest BCUT2D eigenvalue weighted by atomic mass is 10.0. The predicted molar refractivity (Wildman–Crippen MR) is 91.5 cm³/mol. The number of benzene rings is 2. The van der Waals surface area contributed by atoms with Crippen LogP contribution in [-0.2, 0) is 4.79 Å². The SMILES string of the molecule is O=C1CN2C(c3ccccc3)=CSC2=C1C(=O)c1ccccc1. The molecule has 3 nitrogen and oxygen atoms in total.